The van der Waals surface area contributed by atoms with E-state index in [1.165, 1.54) is 12.8 Å². The summed E-state index contributed by atoms with van der Waals surface area (Å²) in [5.74, 6) is 1.66. The van der Waals surface area contributed by atoms with Crippen molar-refractivity contribution in [3.63, 3.8) is 0 Å². The molecule has 2 atom stereocenters. The molecule has 1 aliphatic heterocycles. The molecule has 1 amide bonds. The number of methoxy groups -OCH3 is 1. The summed E-state index contributed by atoms with van der Waals surface area (Å²) in [5.41, 5.74) is 1.01. The second-order valence-corrected chi connectivity index (χ2v) is 8.92. The third-order valence-electron chi connectivity index (χ3n) is 5.71. The van der Waals surface area contributed by atoms with Crippen LogP contribution in [0.1, 0.15) is 25.7 Å². The summed E-state index contributed by atoms with van der Waals surface area (Å²) in [7, 11) is 1.71. The van der Waals surface area contributed by atoms with Crippen molar-refractivity contribution in [1.82, 2.24) is 15.3 Å². The van der Waals surface area contributed by atoms with Gasteiger partial charge in [-0.2, -0.15) is 0 Å². The molecule has 5 rings (SSSR count). The number of ether oxygens (including phenoxy) is 1. The maximum absolute atomic E-state index is 12.0. The Bertz CT molecular complexity index is 822. The molecule has 1 aromatic heterocycles. The Kier molecular flexibility index (Phi) is 3.66. The van der Waals surface area contributed by atoms with Crippen molar-refractivity contribution in [2.75, 3.05) is 25.3 Å². The van der Waals surface area contributed by atoms with Crippen LogP contribution in [-0.2, 0) is 9.53 Å². The highest BCUT2D eigenvalue weighted by Gasteiger charge is 2.72. The fourth-order valence-electron chi connectivity index (χ4n) is 4.10. The van der Waals surface area contributed by atoms with Gasteiger partial charge in [-0.1, -0.05) is 30.0 Å². The number of fused-ring (bicyclic) bond motifs is 1. The third kappa shape index (κ3) is 2.48. The molecule has 2 heterocycles. The first kappa shape index (κ1) is 16.3. The normalized spacial score (nSPS) is 30.8. The van der Waals surface area contributed by atoms with E-state index in [1.54, 1.807) is 31.3 Å². The number of carbonyl (C=O) groups excluding carboxylic acids is 1. The first-order valence-corrected chi connectivity index (χ1v) is 9.92. The molecule has 26 heavy (non-hydrogen) atoms. The zero-order chi connectivity index (χ0) is 17.8. The van der Waals surface area contributed by atoms with E-state index in [0.717, 1.165) is 22.8 Å². The monoisotopic (exact) mass is 370 g/mol. The van der Waals surface area contributed by atoms with Crippen LogP contribution in [0, 0.1) is 5.92 Å². The molecule has 0 radical (unpaired) electrons. The van der Waals surface area contributed by atoms with Crippen LogP contribution in [0.4, 0.5) is 5.82 Å². The topological polar surface area (TPSA) is 67.3 Å². The Morgan fingerprint density at radius 3 is 3.08 bits per heavy atom. The first-order valence-electron chi connectivity index (χ1n) is 9.10. The third-order valence-corrected chi connectivity index (χ3v) is 7.19. The summed E-state index contributed by atoms with van der Waals surface area (Å²) in [4.78, 5) is 23.3. The molecular weight excluding hydrogens is 348 g/mol. The molecule has 1 aromatic rings. The Hall–Kier alpha value is -1.86. The van der Waals surface area contributed by atoms with Crippen LogP contribution in [0.25, 0.3) is 0 Å². The van der Waals surface area contributed by atoms with E-state index >= 15 is 0 Å². The van der Waals surface area contributed by atoms with Gasteiger partial charge in [-0.15, -0.1) is 0 Å². The van der Waals surface area contributed by atoms with Gasteiger partial charge in [0.05, 0.1) is 10.3 Å². The molecule has 136 valence electrons. The van der Waals surface area contributed by atoms with Gasteiger partial charge in [0.25, 0.3) is 0 Å². The highest BCUT2D eigenvalue weighted by molar-refractivity contribution is 8.01. The Morgan fingerprint density at radius 2 is 2.27 bits per heavy atom. The lowest BCUT2D eigenvalue weighted by Gasteiger charge is -2.40. The van der Waals surface area contributed by atoms with E-state index in [1.807, 2.05) is 0 Å². The molecule has 0 aromatic carbocycles. The fourth-order valence-corrected chi connectivity index (χ4v) is 5.59. The van der Waals surface area contributed by atoms with Gasteiger partial charge in [0.15, 0.2) is 5.82 Å². The lowest BCUT2D eigenvalue weighted by Crippen LogP contribution is -2.47. The van der Waals surface area contributed by atoms with Crippen molar-refractivity contribution < 1.29 is 9.53 Å². The van der Waals surface area contributed by atoms with Crippen LogP contribution in [0.15, 0.2) is 41.2 Å². The molecule has 1 N–H and O–H groups in total. The number of thioether (sulfide) groups is 1. The van der Waals surface area contributed by atoms with Crippen LogP contribution in [-0.4, -0.2) is 46.5 Å². The second kappa shape index (κ2) is 5.82. The SMILES string of the molecule is COCN1c2nccnc2SC23C=CC(CNC(=O)CC4CC4)=CC12C3. The summed E-state index contributed by atoms with van der Waals surface area (Å²) in [6.07, 6.45) is 14.3. The molecule has 4 aliphatic rings. The molecule has 2 unspecified atom stereocenters. The van der Waals surface area contributed by atoms with Crippen molar-refractivity contribution >= 4 is 23.5 Å². The van der Waals surface area contributed by atoms with Crippen molar-refractivity contribution in [2.45, 2.75) is 41.0 Å². The highest BCUT2D eigenvalue weighted by atomic mass is 32.2. The zero-order valence-electron chi connectivity index (χ0n) is 14.8. The number of hydrogen-bond donors (Lipinski definition) is 1. The summed E-state index contributed by atoms with van der Waals surface area (Å²) in [5, 5.41) is 4.03. The summed E-state index contributed by atoms with van der Waals surface area (Å²) in [6.45, 7) is 1.05. The Labute approximate surface area is 157 Å². The minimum absolute atomic E-state index is 0.00388. The van der Waals surface area contributed by atoms with Gasteiger partial charge in [-0.05, 0) is 30.8 Å². The van der Waals surface area contributed by atoms with Gasteiger partial charge in [-0.3, -0.25) is 4.79 Å². The standard InChI is InChI=1S/C19H22N4O2S/c1-25-12-23-16-17(21-7-6-20-16)26-19-5-4-14(9-18(19,23)11-19)10-22-15(24)8-13-2-3-13/h4-7,9,13H,2-3,8,10-12H2,1H3,(H,22,24). The van der Waals surface area contributed by atoms with E-state index in [-0.39, 0.29) is 16.2 Å². The molecule has 3 aliphatic carbocycles. The number of carbonyl (C=O) groups is 1. The largest absolute Gasteiger partial charge is 0.364 e. The first-order chi connectivity index (χ1) is 12.7. The van der Waals surface area contributed by atoms with Gasteiger partial charge in [0.2, 0.25) is 5.91 Å². The lowest BCUT2D eigenvalue weighted by atomic mass is 10.00. The number of rotatable bonds is 6. The molecule has 2 fully saturated rings. The minimum atomic E-state index is -0.137. The average Bonchev–Trinajstić information content (AvgIpc) is 3.54. The molecule has 0 bridgehead atoms. The average molecular weight is 370 g/mol. The summed E-state index contributed by atoms with van der Waals surface area (Å²) >= 11 is 1.79. The van der Waals surface area contributed by atoms with Crippen LogP contribution in [0.2, 0.25) is 0 Å². The molecule has 0 spiro atoms. The molecular formula is C19H22N4O2S. The molecule has 2 saturated carbocycles. The van der Waals surface area contributed by atoms with Gasteiger partial charge < -0.3 is 15.0 Å². The quantitative estimate of drug-likeness (QED) is 0.829. The van der Waals surface area contributed by atoms with Crippen molar-refractivity contribution in [3.05, 3.63) is 36.2 Å². The maximum atomic E-state index is 12.0. The molecule has 6 nitrogen and oxygen atoms in total. The maximum Gasteiger partial charge on any atom is 0.220 e. The van der Waals surface area contributed by atoms with E-state index in [0.29, 0.717) is 25.6 Å². The number of aromatic nitrogens is 2. The molecule has 0 saturated heterocycles. The number of hydrogen-bond acceptors (Lipinski definition) is 6. The second-order valence-electron chi connectivity index (χ2n) is 7.60. The Morgan fingerprint density at radius 1 is 1.42 bits per heavy atom. The van der Waals surface area contributed by atoms with Gasteiger partial charge in [0.1, 0.15) is 11.8 Å². The highest BCUT2D eigenvalue weighted by Crippen LogP contribution is 2.70. The Balaban J connectivity index is 1.39. The van der Waals surface area contributed by atoms with E-state index < -0.39 is 0 Å². The van der Waals surface area contributed by atoms with E-state index in [2.05, 4.69) is 38.4 Å². The number of anilines is 1. The van der Waals surface area contributed by atoms with Gasteiger partial charge in [0, 0.05) is 32.5 Å². The number of nitrogens with zero attached hydrogens (tertiary/aromatic N) is 3. The van der Waals surface area contributed by atoms with Crippen LogP contribution in [0.5, 0.6) is 0 Å². The molecule has 7 heteroatoms. The van der Waals surface area contributed by atoms with Crippen LogP contribution < -0.4 is 10.2 Å². The smallest absolute Gasteiger partial charge is 0.220 e. The van der Waals surface area contributed by atoms with Gasteiger partial charge >= 0.3 is 0 Å². The van der Waals surface area contributed by atoms with Crippen molar-refractivity contribution in [3.8, 4) is 0 Å². The van der Waals surface area contributed by atoms with Gasteiger partial charge in [-0.25, -0.2) is 9.97 Å². The summed E-state index contributed by atoms with van der Waals surface area (Å²) in [6, 6.07) is 0. The number of amides is 1. The lowest BCUT2D eigenvalue weighted by molar-refractivity contribution is -0.121. The van der Waals surface area contributed by atoms with E-state index in [4.69, 9.17) is 4.74 Å². The van der Waals surface area contributed by atoms with Crippen LogP contribution in [0.3, 0.4) is 0 Å². The predicted octanol–water partition coefficient (Wildman–Crippen LogP) is 2.29. The van der Waals surface area contributed by atoms with Crippen molar-refractivity contribution in [2.24, 2.45) is 5.92 Å². The minimum Gasteiger partial charge on any atom is -0.364 e. The van der Waals surface area contributed by atoms with E-state index in [9.17, 15) is 4.79 Å². The predicted molar refractivity (Wildman–Crippen MR) is 99.9 cm³/mol. The number of nitrogens with one attached hydrogen (secondary N) is 1. The zero-order valence-corrected chi connectivity index (χ0v) is 15.6. The fraction of sp³-hybridized carbons (Fsp3) is 0.526. The van der Waals surface area contributed by atoms with Crippen LogP contribution >= 0.6 is 11.8 Å². The summed E-state index contributed by atoms with van der Waals surface area (Å²) < 4.78 is 5.48. The van der Waals surface area contributed by atoms with Crippen molar-refractivity contribution in [1.29, 1.82) is 0 Å².